The molecule has 2 heterocycles. The van der Waals surface area contributed by atoms with E-state index < -0.39 is 71.0 Å². The largest absolute Gasteiger partial charge is 0.547 e. The van der Waals surface area contributed by atoms with Gasteiger partial charge in [0.25, 0.3) is 0 Å². The maximum absolute atomic E-state index is 15.0. The first-order valence-corrected chi connectivity index (χ1v) is 12.4. The Morgan fingerprint density at radius 3 is 2.60 bits per heavy atom. The first-order valence-electron chi connectivity index (χ1n) is 12.0. The summed E-state index contributed by atoms with van der Waals surface area (Å²) in [6.07, 6.45) is -0.0955. The summed E-state index contributed by atoms with van der Waals surface area (Å²) >= 11 is 6.12. The fourth-order valence-corrected chi connectivity index (χ4v) is 4.78. The normalized spacial score (nSPS) is 17.6. The van der Waals surface area contributed by atoms with Crippen LogP contribution in [0.5, 0.6) is 11.5 Å². The number of likely N-dealkylation sites (N-methyl/N-ethyl adjacent to an activating group) is 1. The van der Waals surface area contributed by atoms with Crippen molar-refractivity contribution in [3.63, 3.8) is 0 Å². The molecule has 1 unspecified atom stereocenters. The predicted molar refractivity (Wildman–Crippen MR) is 136 cm³/mol. The van der Waals surface area contributed by atoms with Crippen LogP contribution in [0.2, 0.25) is 5.02 Å². The maximum atomic E-state index is 15.0. The molecule has 4 rings (SSSR count). The number of hydrogen-bond acceptors (Lipinski definition) is 8. The second kappa shape index (κ2) is 11.4. The number of para-hydroxylation sites is 1. The Labute approximate surface area is 231 Å². The van der Waals surface area contributed by atoms with Gasteiger partial charge in [-0.05, 0) is 31.0 Å². The quantitative estimate of drug-likeness (QED) is 0.241. The van der Waals surface area contributed by atoms with Crippen molar-refractivity contribution >= 4 is 48.4 Å². The van der Waals surface area contributed by atoms with Crippen molar-refractivity contribution in [2.24, 2.45) is 0 Å². The molecule has 2 aliphatic heterocycles. The number of aromatic hydroxyl groups is 1. The SMILES string of the molecule is CCN1CCN(C(=O)NC(C(=O)N[C@H]2Cc3cccc(C(=O)O)c3OB2O)c2c(F)cc(O)cc2Cl)C(=O)C1=O. The highest BCUT2D eigenvalue weighted by atomic mass is 35.5. The number of carbonyl (C=O) groups is 5. The molecule has 0 saturated carbocycles. The minimum absolute atomic E-state index is 0.0447. The first kappa shape index (κ1) is 28.6. The standard InChI is InChI=1S/C24H23BClFN4O9/c1-2-30-6-7-31(22(35)21(30)34)24(38)29-18(17-14(26)9-12(32)10-15(17)27)20(33)28-16-8-11-4-3-5-13(23(36)37)19(11)40-25(16)39/h3-5,9-10,16,18,32,39H,2,6-8H2,1H3,(H,28,33)(H,29,38)(H,36,37)/t16-,18?/m0/s1. The van der Waals surface area contributed by atoms with Gasteiger partial charge in [0.1, 0.15) is 23.4 Å². The summed E-state index contributed by atoms with van der Waals surface area (Å²) in [5.41, 5.74) is -0.411. The van der Waals surface area contributed by atoms with Crippen LogP contribution in [0.25, 0.3) is 0 Å². The number of piperazine rings is 1. The van der Waals surface area contributed by atoms with Crippen LogP contribution < -0.4 is 15.3 Å². The second-order valence-corrected chi connectivity index (χ2v) is 9.38. The Bertz CT molecular complexity index is 1390. The van der Waals surface area contributed by atoms with Gasteiger partial charge in [0.15, 0.2) is 0 Å². The molecular formula is C24H23BClFN4O9. The van der Waals surface area contributed by atoms with Crippen molar-refractivity contribution in [2.45, 2.75) is 25.3 Å². The molecule has 1 saturated heterocycles. The lowest BCUT2D eigenvalue weighted by atomic mass is 9.72. The Morgan fingerprint density at radius 1 is 1.23 bits per heavy atom. The third-order valence-electron chi connectivity index (χ3n) is 6.50. The van der Waals surface area contributed by atoms with Crippen LogP contribution in [0.1, 0.15) is 34.5 Å². The van der Waals surface area contributed by atoms with E-state index in [9.17, 15) is 43.6 Å². The van der Waals surface area contributed by atoms with Crippen LogP contribution in [0.4, 0.5) is 9.18 Å². The van der Waals surface area contributed by atoms with Crippen molar-refractivity contribution in [1.82, 2.24) is 20.4 Å². The van der Waals surface area contributed by atoms with E-state index in [0.717, 1.165) is 6.07 Å². The molecule has 2 aliphatic rings. The lowest BCUT2D eigenvalue weighted by Crippen LogP contribution is -2.60. The number of halogens is 2. The number of carboxylic acid groups (broad SMARTS) is 1. The number of amides is 5. The number of phenols is 1. The molecule has 2 atom stereocenters. The van der Waals surface area contributed by atoms with E-state index in [1.165, 1.54) is 23.1 Å². The van der Waals surface area contributed by atoms with Crippen LogP contribution >= 0.6 is 11.6 Å². The number of fused-ring (bicyclic) bond motifs is 1. The third-order valence-corrected chi connectivity index (χ3v) is 6.81. The Hall–Kier alpha value is -4.37. The van der Waals surface area contributed by atoms with Crippen molar-refractivity contribution in [3.8, 4) is 11.5 Å². The molecule has 40 heavy (non-hydrogen) atoms. The molecule has 13 nitrogen and oxygen atoms in total. The van der Waals surface area contributed by atoms with Crippen molar-refractivity contribution in [1.29, 1.82) is 0 Å². The molecule has 0 aromatic heterocycles. The van der Waals surface area contributed by atoms with Gasteiger partial charge in [0.2, 0.25) is 5.91 Å². The van der Waals surface area contributed by atoms with Gasteiger partial charge in [-0.1, -0.05) is 23.7 Å². The molecular weight excluding hydrogens is 554 g/mol. The zero-order valence-corrected chi connectivity index (χ0v) is 21.6. The average Bonchev–Trinajstić information content (AvgIpc) is 2.88. The second-order valence-electron chi connectivity index (χ2n) is 8.97. The van der Waals surface area contributed by atoms with Crippen molar-refractivity contribution in [2.75, 3.05) is 19.6 Å². The summed E-state index contributed by atoms with van der Waals surface area (Å²) in [7, 11) is -1.73. The zero-order chi connectivity index (χ0) is 29.3. The van der Waals surface area contributed by atoms with Gasteiger partial charge in [-0.15, -0.1) is 0 Å². The summed E-state index contributed by atoms with van der Waals surface area (Å²) < 4.78 is 20.3. The Morgan fingerprint density at radius 2 is 1.95 bits per heavy atom. The van der Waals surface area contributed by atoms with Crippen molar-refractivity contribution < 1.29 is 48.3 Å². The monoisotopic (exact) mass is 576 g/mol. The topological polar surface area (TPSA) is 186 Å². The number of aromatic carboxylic acids is 1. The first-order chi connectivity index (χ1) is 18.9. The van der Waals surface area contributed by atoms with Crippen LogP contribution in [-0.2, 0) is 20.8 Å². The zero-order valence-electron chi connectivity index (χ0n) is 20.9. The summed E-state index contributed by atoms with van der Waals surface area (Å²) in [6.45, 7) is 1.74. The number of nitrogens with one attached hydrogen (secondary N) is 2. The molecule has 2 aromatic rings. The fraction of sp³-hybridized carbons (Fsp3) is 0.292. The Balaban J connectivity index is 1.62. The number of imide groups is 1. The van der Waals surface area contributed by atoms with Gasteiger partial charge in [0.05, 0.1) is 16.5 Å². The van der Waals surface area contributed by atoms with E-state index in [0.29, 0.717) is 16.5 Å². The number of carboxylic acids is 1. The molecule has 1 fully saturated rings. The number of hydrogen-bond donors (Lipinski definition) is 5. The predicted octanol–water partition coefficient (Wildman–Crippen LogP) is 0.464. The van der Waals surface area contributed by atoms with E-state index >= 15 is 0 Å². The van der Waals surface area contributed by atoms with Gasteiger partial charge in [-0.2, -0.15) is 0 Å². The summed E-state index contributed by atoms with van der Waals surface area (Å²) in [5.74, 6) is -7.45. The molecule has 0 spiro atoms. The summed E-state index contributed by atoms with van der Waals surface area (Å²) in [6, 6.07) is 2.77. The summed E-state index contributed by atoms with van der Waals surface area (Å²) in [4.78, 5) is 64.5. The average molecular weight is 577 g/mol. The lowest BCUT2D eigenvalue weighted by Gasteiger charge is -2.33. The fourth-order valence-electron chi connectivity index (χ4n) is 4.47. The van der Waals surface area contributed by atoms with Crippen LogP contribution in [-0.4, -0.2) is 87.5 Å². The number of phenolic OH excluding ortho intramolecular Hbond substituents is 1. The van der Waals surface area contributed by atoms with Gasteiger partial charge in [-0.3, -0.25) is 19.3 Å². The molecule has 0 radical (unpaired) electrons. The maximum Gasteiger partial charge on any atom is 0.547 e. The van der Waals surface area contributed by atoms with Crippen LogP contribution in [0, 0.1) is 5.82 Å². The number of nitrogens with zero attached hydrogens (tertiary/aromatic N) is 2. The molecule has 0 bridgehead atoms. The van der Waals surface area contributed by atoms with E-state index in [1.54, 1.807) is 6.92 Å². The van der Waals surface area contributed by atoms with Crippen LogP contribution in [0.3, 0.4) is 0 Å². The minimum atomic E-state index is -1.90. The third kappa shape index (κ3) is 5.51. The molecule has 16 heteroatoms. The highest BCUT2D eigenvalue weighted by molar-refractivity contribution is 6.47. The summed E-state index contributed by atoms with van der Waals surface area (Å²) in [5, 5.41) is 33.8. The number of carbonyl (C=O) groups excluding carboxylic acids is 4. The van der Waals surface area contributed by atoms with E-state index in [2.05, 4.69) is 10.6 Å². The molecule has 5 amide bonds. The molecule has 210 valence electrons. The molecule has 0 aliphatic carbocycles. The van der Waals surface area contributed by atoms with E-state index in [4.69, 9.17) is 16.3 Å². The highest BCUT2D eigenvalue weighted by Gasteiger charge is 2.41. The van der Waals surface area contributed by atoms with E-state index in [1.807, 2.05) is 0 Å². The molecule has 2 aromatic carbocycles. The smallest absolute Gasteiger partial charge is 0.534 e. The number of rotatable bonds is 6. The van der Waals surface area contributed by atoms with E-state index in [-0.39, 0.29) is 37.4 Å². The Kier molecular flexibility index (Phi) is 8.16. The van der Waals surface area contributed by atoms with Gasteiger partial charge in [0, 0.05) is 31.3 Å². The van der Waals surface area contributed by atoms with Crippen molar-refractivity contribution in [3.05, 3.63) is 57.9 Å². The van der Waals surface area contributed by atoms with Crippen LogP contribution in [0.15, 0.2) is 30.3 Å². The number of benzene rings is 2. The van der Waals surface area contributed by atoms with Gasteiger partial charge >= 0.3 is 30.9 Å². The number of urea groups is 1. The lowest BCUT2D eigenvalue weighted by molar-refractivity contribution is -0.153. The van der Waals surface area contributed by atoms with Gasteiger partial charge in [-0.25, -0.2) is 14.0 Å². The molecule has 5 N–H and O–H groups in total. The van der Waals surface area contributed by atoms with Gasteiger partial charge < -0.3 is 35.4 Å². The minimum Gasteiger partial charge on any atom is -0.534 e. The highest BCUT2D eigenvalue weighted by Crippen LogP contribution is 2.32.